The van der Waals surface area contributed by atoms with Crippen molar-refractivity contribution in [2.75, 3.05) is 18.9 Å². The summed E-state index contributed by atoms with van der Waals surface area (Å²) in [6.45, 7) is 0.505. The Morgan fingerprint density at radius 2 is 2.10 bits per heavy atom. The van der Waals surface area contributed by atoms with Crippen LogP contribution < -0.4 is 5.73 Å². The van der Waals surface area contributed by atoms with Gasteiger partial charge in [0.25, 0.3) is 0 Å². The molecule has 2 aromatic rings. The van der Waals surface area contributed by atoms with Crippen molar-refractivity contribution in [2.24, 2.45) is 0 Å². The van der Waals surface area contributed by atoms with Gasteiger partial charge in [-0.05, 0) is 29.0 Å². The van der Waals surface area contributed by atoms with Crippen molar-refractivity contribution in [3.63, 3.8) is 0 Å². The molecule has 0 unspecified atom stereocenters. The van der Waals surface area contributed by atoms with Gasteiger partial charge in [0.1, 0.15) is 6.61 Å². The van der Waals surface area contributed by atoms with Crippen molar-refractivity contribution < 1.29 is 17.9 Å². The predicted octanol–water partition coefficient (Wildman–Crippen LogP) is 1.81. The number of nitrogens with zero attached hydrogens (tertiary/aromatic N) is 4. The Morgan fingerprint density at radius 1 is 1.33 bits per heavy atom. The second-order valence-electron chi connectivity index (χ2n) is 4.43. The Labute approximate surface area is 118 Å². The van der Waals surface area contributed by atoms with E-state index in [1.807, 2.05) is 13.0 Å². The van der Waals surface area contributed by atoms with Gasteiger partial charge in [-0.25, -0.2) is 4.68 Å². The Balaban J connectivity index is 2.07. The molecule has 1 heterocycles. The Hall–Kier alpha value is -2.16. The largest absolute Gasteiger partial charge is 0.411 e. The first kappa shape index (κ1) is 15.2. The van der Waals surface area contributed by atoms with Crippen LogP contribution in [-0.2, 0) is 11.3 Å². The molecule has 0 aliphatic rings. The summed E-state index contributed by atoms with van der Waals surface area (Å²) in [5.74, 6) is 0.395. The quantitative estimate of drug-likeness (QED) is 0.673. The van der Waals surface area contributed by atoms with Crippen LogP contribution in [0.5, 0.6) is 0 Å². The second kappa shape index (κ2) is 6.08. The van der Waals surface area contributed by atoms with Crippen LogP contribution in [0.3, 0.4) is 0 Å². The van der Waals surface area contributed by atoms with E-state index in [1.165, 1.54) is 4.68 Å². The number of aryl methyl sites for hydroxylation is 1. The average molecular weight is 301 g/mol. The molecule has 2 N–H and O–H groups in total. The predicted molar refractivity (Wildman–Crippen MR) is 69.3 cm³/mol. The standard InChI is InChI=1S/C12H14F3N5O/c1-8-3-2-4-9(10(8)16)11-17-18-19-20(11)5-6-21-7-12(13,14)15/h2-4H,5-7,16H2,1H3. The number of alkyl halides is 3. The van der Waals surface area contributed by atoms with Crippen molar-refractivity contribution in [3.05, 3.63) is 23.8 Å². The van der Waals surface area contributed by atoms with Crippen molar-refractivity contribution in [3.8, 4) is 11.4 Å². The minimum Gasteiger partial charge on any atom is -0.398 e. The Morgan fingerprint density at radius 3 is 2.81 bits per heavy atom. The van der Waals surface area contributed by atoms with E-state index in [0.717, 1.165) is 5.56 Å². The zero-order valence-electron chi connectivity index (χ0n) is 11.3. The second-order valence-corrected chi connectivity index (χ2v) is 4.43. The van der Waals surface area contributed by atoms with E-state index in [1.54, 1.807) is 12.1 Å². The summed E-state index contributed by atoms with van der Waals surface area (Å²) in [5.41, 5.74) is 8.00. The number of benzene rings is 1. The van der Waals surface area contributed by atoms with Crippen molar-refractivity contribution in [1.82, 2.24) is 20.2 Å². The van der Waals surface area contributed by atoms with Crippen LogP contribution in [0.15, 0.2) is 18.2 Å². The molecule has 1 aromatic carbocycles. The molecule has 0 saturated carbocycles. The molecule has 21 heavy (non-hydrogen) atoms. The molecule has 0 aliphatic carbocycles. The van der Waals surface area contributed by atoms with Crippen LogP contribution in [0.4, 0.5) is 18.9 Å². The van der Waals surface area contributed by atoms with Crippen LogP contribution in [-0.4, -0.2) is 39.6 Å². The van der Waals surface area contributed by atoms with E-state index < -0.39 is 12.8 Å². The van der Waals surface area contributed by atoms with E-state index >= 15 is 0 Å². The van der Waals surface area contributed by atoms with Crippen LogP contribution >= 0.6 is 0 Å². The van der Waals surface area contributed by atoms with E-state index in [0.29, 0.717) is 17.1 Å². The fraction of sp³-hybridized carbons (Fsp3) is 0.417. The zero-order chi connectivity index (χ0) is 15.5. The maximum Gasteiger partial charge on any atom is 0.411 e. The minimum atomic E-state index is -4.34. The fourth-order valence-corrected chi connectivity index (χ4v) is 1.76. The molecule has 2 rings (SSSR count). The lowest BCUT2D eigenvalue weighted by atomic mass is 10.1. The highest BCUT2D eigenvalue weighted by atomic mass is 19.4. The number of halogens is 3. The molecule has 9 heteroatoms. The number of hydrogen-bond acceptors (Lipinski definition) is 5. The summed E-state index contributed by atoms with van der Waals surface area (Å²) < 4.78 is 41.8. The van der Waals surface area contributed by atoms with E-state index in [4.69, 9.17) is 5.73 Å². The van der Waals surface area contributed by atoms with Gasteiger partial charge >= 0.3 is 6.18 Å². The van der Waals surface area contributed by atoms with Crippen LogP contribution in [0.25, 0.3) is 11.4 Å². The van der Waals surface area contributed by atoms with Gasteiger partial charge in [0.05, 0.1) is 13.2 Å². The van der Waals surface area contributed by atoms with Gasteiger partial charge in [-0.2, -0.15) is 13.2 Å². The van der Waals surface area contributed by atoms with E-state index in [-0.39, 0.29) is 13.2 Å². The highest BCUT2D eigenvalue weighted by Gasteiger charge is 2.27. The lowest BCUT2D eigenvalue weighted by Gasteiger charge is -2.10. The molecule has 114 valence electrons. The summed E-state index contributed by atoms with van der Waals surface area (Å²) in [6, 6.07) is 5.40. The number of aromatic nitrogens is 4. The van der Waals surface area contributed by atoms with Crippen LogP contribution in [0, 0.1) is 6.92 Å². The Kier molecular flexibility index (Phi) is 4.41. The molecular formula is C12H14F3N5O. The van der Waals surface area contributed by atoms with Gasteiger partial charge in [0, 0.05) is 11.3 Å². The lowest BCUT2D eigenvalue weighted by Crippen LogP contribution is -2.19. The van der Waals surface area contributed by atoms with Gasteiger partial charge < -0.3 is 10.5 Å². The van der Waals surface area contributed by atoms with Gasteiger partial charge in [0.15, 0.2) is 5.82 Å². The molecule has 0 radical (unpaired) electrons. The number of ether oxygens (including phenoxy) is 1. The summed E-state index contributed by atoms with van der Waals surface area (Å²) in [6.07, 6.45) is -4.34. The van der Waals surface area contributed by atoms with Crippen molar-refractivity contribution in [2.45, 2.75) is 19.6 Å². The first-order valence-electron chi connectivity index (χ1n) is 6.14. The highest BCUT2D eigenvalue weighted by Crippen LogP contribution is 2.25. The Bertz CT molecular complexity index is 611. The molecule has 0 amide bonds. The third kappa shape index (κ3) is 3.91. The molecule has 0 bridgehead atoms. The van der Waals surface area contributed by atoms with Crippen LogP contribution in [0.2, 0.25) is 0 Å². The van der Waals surface area contributed by atoms with Gasteiger partial charge in [-0.3, -0.25) is 0 Å². The lowest BCUT2D eigenvalue weighted by molar-refractivity contribution is -0.174. The van der Waals surface area contributed by atoms with E-state index in [9.17, 15) is 13.2 Å². The number of tetrazole rings is 1. The van der Waals surface area contributed by atoms with Gasteiger partial charge in [-0.15, -0.1) is 5.10 Å². The van der Waals surface area contributed by atoms with Gasteiger partial charge in [0.2, 0.25) is 0 Å². The third-order valence-corrected chi connectivity index (χ3v) is 2.81. The molecule has 0 fully saturated rings. The normalized spacial score (nSPS) is 11.8. The van der Waals surface area contributed by atoms with Crippen molar-refractivity contribution in [1.29, 1.82) is 0 Å². The summed E-state index contributed by atoms with van der Waals surface area (Å²) in [4.78, 5) is 0. The summed E-state index contributed by atoms with van der Waals surface area (Å²) in [5, 5.41) is 11.1. The van der Waals surface area contributed by atoms with Gasteiger partial charge in [-0.1, -0.05) is 12.1 Å². The molecule has 0 saturated heterocycles. The highest BCUT2D eigenvalue weighted by molar-refractivity contribution is 5.73. The third-order valence-electron chi connectivity index (χ3n) is 2.81. The molecule has 1 aromatic heterocycles. The maximum atomic E-state index is 12.0. The molecule has 0 spiro atoms. The topological polar surface area (TPSA) is 78.8 Å². The molecule has 0 aliphatic heterocycles. The molecule has 6 nitrogen and oxygen atoms in total. The number of anilines is 1. The average Bonchev–Trinajstić information content (AvgIpc) is 2.85. The SMILES string of the molecule is Cc1cccc(-c2nnnn2CCOCC(F)(F)F)c1N. The number of para-hydroxylation sites is 1. The number of hydrogen-bond donors (Lipinski definition) is 1. The first-order chi connectivity index (χ1) is 9.88. The van der Waals surface area contributed by atoms with E-state index in [2.05, 4.69) is 20.3 Å². The van der Waals surface area contributed by atoms with Crippen molar-refractivity contribution >= 4 is 5.69 Å². The van der Waals surface area contributed by atoms with Crippen LogP contribution in [0.1, 0.15) is 5.56 Å². The smallest absolute Gasteiger partial charge is 0.398 e. The number of rotatable bonds is 5. The number of nitrogens with two attached hydrogens (primary N) is 1. The number of nitrogen functional groups attached to an aromatic ring is 1. The molecule has 0 atom stereocenters. The minimum absolute atomic E-state index is 0.103. The first-order valence-corrected chi connectivity index (χ1v) is 6.14. The molecular weight excluding hydrogens is 287 g/mol. The summed E-state index contributed by atoms with van der Waals surface area (Å²) in [7, 11) is 0. The maximum absolute atomic E-state index is 12.0. The fourth-order valence-electron chi connectivity index (χ4n) is 1.76. The zero-order valence-corrected chi connectivity index (χ0v) is 11.3. The summed E-state index contributed by atoms with van der Waals surface area (Å²) >= 11 is 0. The monoisotopic (exact) mass is 301 g/mol.